The fraction of sp³-hybridized carbons (Fsp3) is 0.312. The summed E-state index contributed by atoms with van der Waals surface area (Å²) in [7, 11) is 0. The van der Waals surface area contributed by atoms with Gasteiger partial charge in [0.15, 0.2) is 0 Å². The van der Waals surface area contributed by atoms with Gasteiger partial charge in [0, 0.05) is 11.8 Å². The molecule has 0 saturated heterocycles. The van der Waals surface area contributed by atoms with Crippen molar-refractivity contribution in [2.75, 3.05) is 5.32 Å². The van der Waals surface area contributed by atoms with Crippen molar-refractivity contribution in [1.82, 2.24) is 4.98 Å². The molecule has 0 spiro atoms. The number of halogens is 1. The molecule has 0 bridgehead atoms. The monoisotopic (exact) mass is 288 g/mol. The first-order valence-electron chi connectivity index (χ1n) is 6.88. The minimum Gasteiger partial charge on any atom is -0.377 e. The highest BCUT2D eigenvalue weighted by atomic mass is 35.5. The number of aromatic amines is 1. The van der Waals surface area contributed by atoms with Crippen LogP contribution in [0.1, 0.15) is 35.7 Å². The lowest BCUT2D eigenvalue weighted by Crippen LogP contribution is -2.21. The van der Waals surface area contributed by atoms with Crippen LogP contribution < -0.4 is 10.9 Å². The van der Waals surface area contributed by atoms with Crippen LogP contribution in [-0.4, -0.2) is 4.98 Å². The van der Waals surface area contributed by atoms with E-state index in [0.29, 0.717) is 0 Å². The second-order valence-electron chi connectivity index (χ2n) is 5.33. The van der Waals surface area contributed by atoms with Gasteiger partial charge in [-0.05, 0) is 55.5 Å². The van der Waals surface area contributed by atoms with E-state index in [0.717, 1.165) is 41.2 Å². The van der Waals surface area contributed by atoms with Gasteiger partial charge in [-0.1, -0.05) is 17.7 Å². The molecule has 1 aromatic carbocycles. The van der Waals surface area contributed by atoms with Crippen LogP contribution in [0.15, 0.2) is 35.1 Å². The van der Waals surface area contributed by atoms with Crippen LogP contribution in [0.25, 0.3) is 0 Å². The average Bonchev–Trinajstić information content (AvgIpc) is 2.41. The van der Waals surface area contributed by atoms with Gasteiger partial charge in [0.1, 0.15) is 0 Å². The van der Waals surface area contributed by atoms with Gasteiger partial charge in [0.05, 0.1) is 16.8 Å². The van der Waals surface area contributed by atoms with E-state index in [4.69, 9.17) is 11.6 Å². The molecule has 3 nitrogen and oxygen atoms in total. The molecule has 1 atom stereocenters. The van der Waals surface area contributed by atoms with Gasteiger partial charge in [-0.25, -0.2) is 0 Å². The number of fused-ring (bicyclic) bond motifs is 1. The minimum absolute atomic E-state index is 0.0298. The van der Waals surface area contributed by atoms with Crippen LogP contribution in [0.3, 0.4) is 0 Å². The number of H-pyrrole nitrogens is 1. The first-order chi connectivity index (χ1) is 9.63. The van der Waals surface area contributed by atoms with Crippen molar-refractivity contribution in [3.05, 3.63) is 62.5 Å². The molecule has 4 heteroatoms. The van der Waals surface area contributed by atoms with Crippen LogP contribution >= 0.6 is 11.6 Å². The van der Waals surface area contributed by atoms with Crippen molar-refractivity contribution in [2.24, 2.45) is 0 Å². The first kappa shape index (κ1) is 13.3. The molecule has 1 unspecified atom stereocenters. The normalized spacial score (nSPS) is 17.6. The second kappa shape index (κ2) is 5.33. The number of rotatable bonds is 2. The van der Waals surface area contributed by atoms with Crippen LogP contribution in [0.5, 0.6) is 0 Å². The van der Waals surface area contributed by atoms with E-state index < -0.39 is 0 Å². The Hall–Kier alpha value is -1.74. The molecule has 3 rings (SSSR count). The summed E-state index contributed by atoms with van der Waals surface area (Å²) >= 11 is 6.28. The quantitative estimate of drug-likeness (QED) is 0.882. The zero-order valence-electron chi connectivity index (χ0n) is 11.4. The molecule has 0 amide bonds. The second-order valence-corrected chi connectivity index (χ2v) is 5.74. The molecule has 1 aromatic heterocycles. The summed E-state index contributed by atoms with van der Waals surface area (Å²) in [6.07, 6.45) is 3.04. The lowest BCUT2D eigenvalue weighted by molar-refractivity contribution is 0.587. The third kappa shape index (κ3) is 2.59. The highest BCUT2D eigenvalue weighted by molar-refractivity contribution is 6.33. The van der Waals surface area contributed by atoms with Crippen LogP contribution in [0, 0.1) is 6.92 Å². The van der Waals surface area contributed by atoms with Crippen molar-refractivity contribution in [3.63, 3.8) is 0 Å². The number of aromatic nitrogens is 1. The maximum Gasteiger partial charge on any atom is 0.248 e. The Morgan fingerprint density at radius 1 is 1.30 bits per heavy atom. The average molecular weight is 289 g/mol. The van der Waals surface area contributed by atoms with Gasteiger partial charge in [-0.2, -0.15) is 0 Å². The summed E-state index contributed by atoms with van der Waals surface area (Å²) in [4.78, 5) is 14.3. The highest BCUT2D eigenvalue weighted by Crippen LogP contribution is 2.33. The standard InChI is InChI=1S/C16H17ClN2O/c1-10-5-7-15(12(17)9-10)18-13-3-2-4-14-11(13)6-8-16(20)19-14/h5-9,13,18H,2-4H2,1H3,(H,19,20). The maximum absolute atomic E-state index is 11.4. The smallest absolute Gasteiger partial charge is 0.248 e. The molecule has 1 aliphatic carbocycles. The zero-order chi connectivity index (χ0) is 14.1. The fourth-order valence-electron chi connectivity index (χ4n) is 2.78. The zero-order valence-corrected chi connectivity index (χ0v) is 12.1. The van der Waals surface area contributed by atoms with E-state index in [9.17, 15) is 4.79 Å². The molecular formula is C16H17ClN2O. The SMILES string of the molecule is Cc1ccc(NC2CCCc3[nH]c(=O)ccc32)c(Cl)c1. The maximum atomic E-state index is 11.4. The third-order valence-electron chi connectivity index (χ3n) is 3.79. The number of hydrogen-bond acceptors (Lipinski definition) is 2. The Morgan fingerprint density at radius 2 is 2.15 bits per heavy atom. The summed E-state index contributed by atoms with van der Waals surface area (Å²) in [5.41, 5.74) is 4.28. The Balaban J connectivity index is 1.91. The minimum atomic E-state index is -0.0298. The number of anilines is 1. The molecule has 2 N–H and O–H groups in total. The van der Waals surface area contributed by atoms with Crippen LogP contribution in [-0.2, 0) is 6.42 Å². The highest BCUT2D eigenvalue weighted by Gasteiger charge is 2.21. The Bertz CT molecular complexity index is 693. The van der Waals surface area contributed by atoms with Gasteiger partial charge in [0.25, 0.3) is 0 Å². The first-order valence-corrected chi connectivity index (χ1v) is 7.26. The Morgan fingerprint density at radius 3 is 2.95 bits per heavy atom. The number of aryl methyl sites for hydroxylation is 2. The molecule has 20 heavy (non-hydrogen) atoms. The van der Waals surface area contributed by atoms with E-state index in [1.807, 2.05) is 31.2 Å². The van der Waals surface area contributed by atoms with Gasteiger partial charge in [0.2, 0.25) is 5.56 Å². The lowest BCUT2D eigenvalue weighted by Gasteiger charge is -2.27. The molecular weight excluding hydrogens is 272 g/mol. The van der Waals surface area contributed by atoms with E-state index in [2.05, 4.69) is 10.3 Å². The van der Waals surface area contributed by atoms with Crippen molar-refractivity contribution in [2.45, 2.75) is 32.2 Å². The predicted octanol–water partition coefficient (Wildman–Crippen LogP) is 3.83. The predicted molar refractivity (Wildman–Crippen MR) is 82.6 cm³/mol. The number of pyridine rings is 1. The van der Waals surface area contributed by atoms with E-state index in [1.54, 1.807) is 6.07 Å². The number of hydrogen-bond donors (Lipinski definition) is 2. The summed E-state index contributed by atoms with van der Waals surface area (Å²) in [5, 5.41) is 4.24. The van der Waals surface area contributed by atoms with E-state index in [1.165, 1.54) is 5.56 Å². The molecule has 104 valence electrons. The molecule has 0 radical (unpaired) electrons. The Labute approximate surface area is 123 Å². The van der Waals surface area contributed by atoms with Gasteiger partial charge < -0.3 is 10.3 Å². The summed E-state index contributed by atoms with van der Waals surface area (Å²) in [5.74, 6) is 0. The third-order valence-corrected chi connectivity index (χ3v) is 4.10. The molecule has 2 aromatic rings. The van der Waals surface area contributed by atoms with Crippen molar-refractivity contribution in [3.8, 4) is 0 Å². The number of nitrogens with one attached hydrogen (secondary N) is 2. The van der Waals surface area contributed by atoms with Crippen molar-refractivity contribution in [1.29, 1.82) is 0 Å². The van der Waals surface area contributed by atoms with Crippen molar-refractivity contribution >= 4 is 17.3 Å². The summed E-state index contributed by atoms with van der Waals surface area (Å²) in [6, 6.07) is 9.74. The lowest BCUT2D eigenvalue weighted by atomic mass is 9.91. The topological polar surface area (TPSA) is 44.9 Å². The Kier molecular flexibility index (Phi) is 3.53. The van der Waals surface area contributed by atoms with Gasteiger partial charge in [-0.15, -0.1) is 0 Å². The van der Waals surface area contributed by atoms with Gasteiger partial charge >= 0.3 is 0 Å². The summed E-state index contributed by atoms with van der Waals surface area (Å²) < 4.78 is 0. The molecule has 0 saturated carbocycles. The molecule has 0 aliphatic heterocycles. The molecule has 0 fully saturated rings. The van der Waals surface area contributed by atoms with Crippen LogP contribution in [0.4, 0.5) is 5.69 Å². The number of benzene rings is 1. The largest absolute Gasteiger partial charge is 0.377 e. The van der Waals surface area contributed by atoms with E-state index in [-0.39, 0.29) is 11.6 Å². The van der Waals surface area contributed by atoms with Crippen molar-refractivity contribution < 1.29 is 0 Å². The summed E-state index contributed by atoms with van der Waals surface area (Å²) in [6.45, 7) is 2.02. The fourth-order valence-corrected chi connectivity index (χ4v) is 3.06. The molecule has 1 heterocycles. The van der Waals surface area contributed by atoms with E-state index >= 15 is 0 Å². The van der Waals surface area contributed by atoms with Crippen LogP contribution in [0.2, 0.25) is 5.02 Å². The van der Waals surface area contributed by atoms with Gasteiger partial charge in [-0.3, -0.25) is 4.79 Å². The molecule has 1 aliphatic rings.